The molecule has 1 aliphatic heterocycles. The van der Waals surface area contributed by atoms with Gasteiger partial charge in [-0.3, -0.25) is 4.79 Å². The number of esters is 2. The van der Waals surface area contributed by atoms with E-state index in [4.69, 9.17) is 9.47 Å². The van der Waals surface area contributed by atoms with Crippen molar-refractivity contribution in [1.82, 2.24) is 0 Å². The molecule has 3 rings (SSSR count). The maximum atomic E-state index is 13.5. The Labute approximate surface area is 246 Å². The topological polar surface area (TPSA) is 154 Å². The van der Waals surface area contributed by atoms with Gasteiger partial charge in [0.2, 0.25) is 11.9 Å². The fourth-order valence-corrected chi connectivity index (χ4v) is 4.86. The summed E-state index contributed by atoms with van der Waals surface area (Å²) < 4.78 is 10.0. The molecule has 2 aromatic carbocycles. The lowest BCUT2D eigenvalue weighted by Crippen LogP contribution is -2.36. The number of ether oxygens (including phenoxy) is 2. The van der Waals surface area contributed by atoms with Crippen molar-refractivity contribution in [3.05, 3.63) is 70.7 Å². The number of rotatable bonds is 17. The number of nitrogens with zero attached hydrogens (tertiary/aromatic N) is 1. The summed E-state index contributed by atoms with van der Waals surface area (Å²) in [7, 11) is 0. The third kappa shape index (κ3) is 8.03. The summed E-state index contributed by atoms with van der Waals surface area (Å²) >= 11 is 0. The lowest BCUT2D eigenvalue weighted by molar-refractivity contribution is -0.148. The number of anilines is 1. The third-order valence-electron chi connectivity index (χ3n) is 7.26. The van der Waals surface area contributed by atoms with E-state index in [2.05, 4.69) is 18.7 Å². The number of hydrogen-bond donors (Lipinski definition) is 4. The number of phenolic OH excluding ortho intramolecular Hbond substituents is 1. The Morgan fingerprint density at radius 2 is 1.50 bits per heavy atom. The average molecular weight is 584 g/mol. The lowest BCUT2D eigenvalue weighted by Gasteiger charge is -2.25. The van der Waals surface area contributed by atoms with E-state index in [9.17, 15) is 34.8 Å². The van der Waals surface area contributed by atoms with Crippen molar-refractivity contribution in [3.63, 3.8) is 0 Å². The maximum Gasteiger partial charge on any atom is 0.378 e. The quantitative estimate of drug-likeness (QED) is 0.109. The van der Waals surface area contributed by atoms with E-state index in [-0.39, 0.29) is 22.4 Å². The molecule has 0 radical (unpaired) electrons. The molecular formula is C32H41NO9. The molecule has 10 nitrogen and oxygen atoms in total. The second kappa shape index (κ2) is 15.8. The van der Waals surface area contributed by atoms with Crippen LogP contribution in [-0.2, 0) is 14.3 Å². The molecule has 0 aromatic heterocycles. The number of cyclic esters (lactones) is 1. The molecule has 10 heteroatoms. The summed E-state index contributed by atoms with van der Waals surface area (Å²) in [6.45, 7) is 5.18. The second-order valence-electron chi connectivity index (χ2n) is 10.4. The van der Waals surface area contributed by atoms with E-state index in [0.29, 0.717) is 0 Å². The molecule has 0 aliphatic carbocycles. The van der Waals surface area contributed by atoms with Crippen LogP contribution >= 0.6 is 0 Å². The number of carbonyl (C=O) groups excluding carboxylic acids is 3. The lowest BCUT2D eigenvalue weighted by atomic mass is 9.97. The van der Waals surface area contributed by atoms with E-state index in [0.717, 1.165) is 70.1 Å². The van der Waals surface area contributed by atoms with Crippen LogP contribution in [0.15, 0.2) is 54.0 Å². The first-order valence-corrected chi connectivity index (χ1v) is 14.6. The standard InChI is InChI=1S/C32H41NO9/c1-3-5-7-11-17-33(18-12-8-6-4-2)21-15-16-24(25(35)19-21)27(36)22-13-9-10-14-23(22)31(39)41-26(20-34)30-28(37)29(38)32(40)42-30/h9-10,13-16,19,26,30,34-35,37-38H,3-8,11-12,17-18,20H2,1-2H3/t26-,30-/m1/s1. The van der Waals surface area contributed by atoms with Gasteiger partial charge in [-0.15, -0.1) is 0 Å². The predicted octanol–water partition coefficient (Wildman–Crippen LogP) is 5.36. The van der Waals surface area contributed by atoms with Gasteiger partial charge in [-0.1, -0.05) is 70.6 Å². The number of benzene rings is 2. The number of unbranched alkanes of at least 4 members (excludes halogenated alkanes) is 6. The van der Waals surface area contributed by atoms with Gasteiger partial charge in [-0.25, -0.2) is 9.59 Å². The van der Waals surface area contributed by atoms with E-state index in [1.165, 1.54) is 18.2 Å². The van der Waals surface area contributed by atoms with Gasteiger partial charge < -0.3 is 34.8 Å². The van der Waals surface area contributed by atoms with Gasteiger partial charge in [0.05, 0.1) is 17.7 Å². The smallest absolute Gasteiger partial charge is 0.378 e. The van der Waals surface area contributed by atoms with Crippen molar-refractivity contribution in [2.45, 2.75) is 77.4 Å². The number of carbonyl (C=O) groups is 3. The summed E-state index contributed by atoms with van der Waals surface area (Å²) in [5.74, 6) is -4.99. The minimum atomic E-state index is -1.60. The molecule has 42 heavy (non-hydrogen) atoms. The predicted molar refractivity (Wildman–Crippen MR) is 157 cm³/mol. The van der Waals surface area contributed by atoms with Crippen molar-refractivity contribution in [1.29, 1.82) is 0 Å². The number of aromatic hydroxyl groups is 1. The zero-order chi connectivity index (χ0) is 30.6. The van der Waals surface area contributed by atoms with Crippen LogP contribution in [-0.4, -0.2) is 70.1 Å². The zero-order valence-electron chi connectivity index (χ0n) is 24.3. The molecular weight excluding hydrogens is 542 g/mol. The molecule has 0 saturated heterocycles. The van der Waals surface area contributed by atoms with E-state index < -0.39 is 48.1 Å². The van der Waals surface area contributed by atoms with Gasteiger partial charge in [-0.05, 0) is 31.0 Å². The molecule has 1 heterocycles. The van der Waals surface area contributed by atoms with Crippen LogP contribution < -0.4 is 4.90 Å². The summed E-state index contributed by atoms with van der Waals surface area (Å²) in [5.41, 5.74) is 0.613. The Bertz CT molecular complexity index is 1260. The minimum absolute atomic E-state index is 0.00449. The van der Waals surface area contributed by atoms with Crippen molar-refractivity contribution in [2.24, 2.45) is 0 Å². The summed E-state index contributed by atoms with van der Waals surface area (Å²) in [5, 5.41) is 40.1. The minimum Gasteiger partial charge on any atom is -0.507 e. The highest BCUT2D eigenvalue weighted by Crippen LogP contribution is 2.29. The molecule has 0 fully saturated rings. The zero-order valence-corrected chi connectivity index (χ0v) is 24.3. The number of phenols is 1. The van der Waals surface area contributed by atoms with Gasteiger partial charge in [-0.2, -0.15) is 0 Å². The number of aliphatic hydroxyl groups excluding tert-OH is 3. The van der Waals surface area contributed by atoms with E-state index in [1.807, 2.05) is 0 Å². The monoisotopic (exact) mass is 583 g/mol. The SMILES string of the molecule is CCCCCCN(CCCCCC)c1ccc(C(=O)c2ccccc2C(=O)O[C@H](CO)[C@H]2OC(=O)C(O)=C2O)c(O)c1. The maximum absolute atomic E-state index is 13.5. The molecule has 0 amide bonds. The Morgan fingerprint density at radius 1 is 0.881 bits per heavy atom. The number of ketones is 1. The molecule has 0 unspecified atom stereocenters. The molecule has 228 valence electrons. The van der Waals surface area contributed by atoms with Crippen LogP contribution in [0, 0.1) is 0 Å². The van der Waals surface area contributed by atoms with Crippen LogP contribution in [0.25, 0.3) is 0 Å². The van der Waals surface area contributed by atoms with E-state index in [1.54, 1.807) is 24.3 Å². The molecule has 0 spiro atoms. The fourth-order valence-electron chi connectivity index (χ4n) is 4.86. The third-order valence-corrected chi connectivity index (χ3v) is 7.26. The first-order valence-electron chi connectivity index (χ1n) is 14.6. The Hall–Kier alpha value is -4.05. The van der Waals surface area contributed by atoms with Gasteiger partial charge in [0.25, 0.3) is 0 Å². The molecule has 0 bridgehead atoms. The largest absolute Gasteiger partial charge is 0.507 e. The highest BCUT2D eigenvalue weighted by atomic mass is 16.6. The van der Waals surface area contributed by atoms with Crippen LogP contribution in [0.3, 0.4) is 0 Å². The van der Waals surface area contributed by atoms with E-state index >= 15 is 0 Å². The Kier molecular flexibility index (Phi) is 12.2. The van der Waals surface area contributed by atoms with Crippen molar-refractivity contribution in [3.8, 4) is 5.75 Å². The van der Waals surface area contributed by atoms with Crippen LogP contribution in [0.2, 0.25) is 0 Å². The van der Waals surface area contributed by atoms with Gasteiger partial charge in [0, 0.05) is 30.4 Å². The summed E-state index contributed by atoms with van der Waals surface area (Å²) in [6.07, 6.45) is 5.76. The highest BCUT2D eigenvalue weighted by Gasteiger charge is 2.42. The first-order chi connectivity index (χ1) is 20.2. The average Bonchev–Trinajstić information content (AvgIpc) is 3.25. The van der Waals surface area contributed by atoms with Crippen LogP contribution in [0.4, 0.5) is 5.69 Å². The Morgan fingerprint density at radius 3 is 2.02 bits per heavy atom. The summed E-state index contributed by atoms with van der Waals surface area (Å²) in [6, 6.07) is 10.7. The molecule has 0 saturated carbocycles. The van der Waals surface area contributed by atoms with Crippen LogP contribution in [0.5, 0.6) is 5.75 Å². The summed E-state index contributed by atoms with van der Waals surface area (Å²) in [4.78, 5) is 40.4. The Balaban J connectivity index is 1.80. The normalized spacial score (nSPS) is 15.4. The molecule has 4 N–H and O–H groups in total. The molecule has 1 aliphatic rings. The van der Waals surface area contributed by atoms with Crippen molar-refractivity contribution in [2.75, 3.05) is 24.6 Å². The van der Waals surface area contributed by atoms with Crippen LogP contribution in [0.1, 0.15) is 91.5 Å². The first kappa shape index (κ1) is 32.5. The highest BCUT2D eigenvalue weighted by molar-refractivity contribution is 6.15. The second-order valence-corrected chi connectivity index (χ2v) is 10.4. The number of aliphatic hydroxyl groups is 3. The van der Waals surface area contributed by atoms with Crippen molar-refractivity contribution >= 4 is 23.4 Å². The molecule has 2 aromatic rings. The number of hydrogen-bond acceptors (Lipinski definition) is 10. The van der Waals surface area contributed by atoms with Gasteiger partial charge >= 0.3 is 11.9 Å². The van der Waals surface area contributed by atoms with Crippen molar-refractivity contribution < 1.29 is 44.3 Å². The fraction of sp³-hybridized carbons (Fsp3) is 0.469. The van der Waals surface area contributed by atoms with Gasteiger partial charge in [0.15, 0.2) is 17.6 Å². The molecule has 2 atom stereocenters. The van der Waals surface area contributed by atoms with Gasteiger partial charge in [0.1, 0.15) is 5.75 Å².